The summed E-state index contributed by atoms with van der Waals surface area (Å²) in [6, 6.07) is 22.4. The Bertz CT molecular complexity index is 904. The molecule has 0 heterocycles. The summed E-state index contributed by atoms with van der Waals surface area (Å²) in [5.41, 5.74) is 3.01. The summed E-state index contributed by atoms with van der Waals surface area (Å²) in [5, 5.41) is 0. The number of rotatable bonds is 6. The van der Waals surface area contributed by atoms with E-state index in [1.165, 1.54) is 19.4 Å². The van der Waals surface area contributed by atoms with Gasteiger partial charge in [0.1, 0.15) is 0 Å². The average molecular weight is 507 g/mol. The molecule has 2 aromatic carbocycles. The Morgan fingerprint density at radius 3 is 1.36 bits per heavy atom. The maximum absolute atomic E-state index is 3.44. The van der Waals surface area contributed by atoms with Crippen LogP contribution in [0.15, 0.2) is 104 Å². The van der Waals surface area contributed by atoms with Crippen LogP contribution in [-0.2, 0) is 25.7 Å². The first-order valence-corrected chi connectivity index (χ1v) is 21.4. The second-order valence-corrected chi connectivity index (χ2v) is 32.4. The third kappa shape index (κ3) is 4.46. The Balaban J connectivity index is 0.00000140. The molecule has 0 aromatic heterocycles. The van der Waals surface area contributed by atoms with Gasteiger partial charge in [-0.05, 0) is 0 Å². The molecule has 28 heavy (non-hydrogen) atoms. The summed E-state index contributed by atoms with van der Waals surface area (Å²) in [4.78, 5) is 0. The van der Waals surface area contributed by atoms with E-state index >= 15 is 0 Å². The van der Waals surface area contributed by atoms with Crippen molar-refractivity contribution < 1.29 is 17.4 Å². The van der Waals surface area contributed by atoms with Crippen LogP contribution in [0.5, 0.6) is 0 Å². The van der Waals surface area contributed by atoms with Crippen molar-refractivity contribution in [2.45, 2.75) is 21.1 Å². The van der Waals surface area contributed by atoms with Gasteiger partial charge in [0.15, 0.2) is 0 Å². The van der Waals surface area contributed by atoms with Crippen molar-refractivity contribution in [2.24, 2.45) is 0 Å². The summed E-state index contributed by atoms with van der Waals surface area (Å²) >= 11 is -3.44. The molecular formula is C24H28Cl2SiZr. The number of allylic oxidation sites excluding steroid dienone is 8. The molecule has 0 spiro atoms. The second kappa shape index (κ2) is 9.72. The van der Waals surface area contributed by atoms with Crippen molar-refractivity contribution in [1.29, 1.82) is 0 Å². The van der Waals surface area contributed by atoms with Gasteiger partial charge in [-0.25, -0.2) is 0 Å². The van der Waals surface area contributed by atoms with Crippen LogP contribution in [0.25, 0.3) is 0 Å². The molecule has 4 rings (SSSR count). The molecule has 146 valence electrons. The first kappa shape index (κ1) is 23.4. The summed E-state index contributed by atoms with van der Waals surface area (Å²) in [6.07, 6.45) is 16.5. The molecular weight excluding hydrogens is 478 g/mol. The zero-order chi connectivity index (χ0) is 17.9. The number of hydrogen-bond acceptors (Lipinski definition) is 0. The van der Waals surface area contributed by atoms with Crippen molar-refractivity contribution in [1.82, 2.24) is 0 Å². The fraction of sp³-hybridized carbons (Fsp3) is 0.167. The van der Waals surface area contributed by atoms with Crippen molar-refractivity contribution in [3.8, 4) is 0 Å². The van der Waals surface area contributed by atoms with Crippen molar-refractivity contribution in [2.75, 3.05) is 0 Å². The molecule has 2 aliphatic rings. The molecule has 0 nitrogen and oxygen atoms in total. The molecule has 0 N–H and O–H groups in total. The van der Waals surface area contributed by atoms with Crippen LogP contribution in [0.3, 0.4) is 0 Å². The van der Waals surface area contributed by atoms with Gasteiger partial charge in [-0.3, -0.25) is 0 Å². The van der Waals surface area contributed by atoms with Crippen LogP contribution in [0, 0.1) is 0 Å². The summed E-state index contributed by atoms with van der Waals surface area (Å²) in [5.74, 6) is 0. The summed E-state index contributed by atoms with van der Waals surface area (Å²) in [6.45, 7) is 2.42. The van der Waals surface area contributed by atoms with Crippen LogP contribution >= 0.6 is 24.8 Å². The Kier molecular flexibility index (Phi) is 8.11. The van der Waals surface area contributed by atoms with Crippen molar-refractivity contribution in [3.05, 3.63) is 115 Å². The molecule has 0 aliphatic heterocycles. The monoisotopic (exact) mass is 504 g/mol. The number of benzene rings is 2. The molecule has 0 unspecified atom stereocenters. The average Bonchev–Trinajstić information content (AvgIpc) is 3.38. The van der Waals surface area contributed by atoms with Gasteiger partial charge in [-0.15, -0.1) is 24.8 Å². The van der Waals surface area contributed by atoms with Crippen LogP contribution in [0.2, 0.25) is 0 Å². The second-order valence-electron chi connectivity index (χ2n) is 7.91. The zero-order valence-corrected chi connectivity index (χ0v) is 21.6. The number of hydrogen-bond donors (Lipinski definition) is 0. The Labute approximate surface area is 183 Å². The molecule has 0 saturated heterocycles. The van der Waals surface area contributed by atoms with Gasteiger partial charge in [0.25, 0.3) is 0 Å². The standard InChI is InChI=1S/2C7H7.2C5H5.2ClH.H2Si.Zr/c2*1-7-5-3-2-4-6-7;2*1-2-4-5-3-1;;;;/h2*2-6H,1H2;2*1-3H,4H2;2*1H;1H2;. The Morgan fingerprint density at radius 1 is 0.643 bits per heavy atom. The van der Waals surface area contributed by atoms with E-state index in [1.807, 2.05) is 0 Å². The van der Waals surface area contributed by atoms with Crippen LogP contribution in [0.4, 0.5) is 0 Å². The molecule has 0 fully saturated rings. The van der Waals surface area contributed by atoms with Crippen LogP contribution < -0.4 is 0 Å². The summed E-state index contributed by atoms with van der Waals surface area (Å²) in [7, 11) is 0. The molecule has 0 bridgehead atoms. The van der Waals surface area contributed by atoms with E-state index in [0.717, 1.165) is 12.8 Å². The van der Waals surface area contributed by atoms with E-state index < -0.39 is 17.4 Å². The number of halogens is 2. The molecule has 4 heteroatoms. The van der Waals surface area contributed by atoms with E-state index in [-0.39, 0.29) is 24.8 Å². The molecule has 0 amide bonds. The Morgan fingerprint density at radius 2 is 1.04 bits per heavy atom. The molecule has 2 aliphatic carbocycles. The van der Waals surface area contributed by atoms with Gasteiger partial charge in [-0.1, -0.05) is 0 Å². The van der Waals surface area contributed by atoms with Gasteiger partial charge in [-0.2, -0.15) is 0 Å². The fourth-order valence-corrected chi connectivity index (χ4v) is 26.7. The minimum absolute atomic E-state index is 0. The van der Waals surface area contributed by atoms with Crippen LogP contribution in [-0.4, -0.2) is 6.88 Å². The predicted octanol–water partition coefficient (Wildman–Crippen LogP) is 6.16. The van der Waals surface area contributed by atoms with E-state index in [1.54, 1.807) is 6.56 Å². The third-order valence-corrected chi connectivity index (χ3v) is 30.8. The van der Waals surface area contributed by atoms with Gasteiger partial charge in [0.2, 0.25) is 0 Å². The molecule has 0 saturated carbocycles. The predicted molar refractivity (Wildman–Crippen MR) is 127 cm³/mol. The quantitative estimate of drug-likeness (QED) is 0.412. The summed E-state index contributed by atoms with van der Waals surface area (Å²) < 4.78 is 6.01. The molecule has 2 aromatic rings. The van der Waals surface area contributed by atoms with Crippen LogP contribution in [0.1, 0.15) is 24.0 Å². The van der Waals surface area contributed by atoms with Gasteiger partial charge < -0.3 is 0 Å². The van der Waals surface area contributed by atoms with Crippen molar-refractivity contribution >= 4 is 31.7 Å². The van der Waals surface area contributed by atoms with Crippen molar-refractivity contribution in [3.63, 3.8) is 0 Å². The van der Waals surface area contributed by atoms with E-state index in [9.17, 15) is 0 Å². The topological polar surface area (TPSA) is 0 Å². The zero-order valence-electron chi connectivity index (χ0n) is 16.1. The van der Waals surface area contributed by atoms with Gasteiger partial charge in [0.05, 0.1) is 0 Å². The minimum atomic E-state index is -3.44. The first-order valence-electron chi connectivity index (χ1n) is 9.52. The Hall–Kier alpha value is -0.920. The fourth-order valence-electron chi connectivity index (χ4n) is 4.77. The molecule has 0 radical (unpaired) electrons. The van der Waals surface area contributed by atoms with E-state index in [4.69, 9.17) is 0 Å². The van der Waals surface area contributed by atoms with E-state index in [2.05, 4.69) is 104 Å². The molecule has 0 atom stereocenters. The van der Waals surface area contributed by atoms with Gasteiger partial charge >= 0.3 is 160 Å². The van der Waals surface area contributed by atoms with Gasteiger partial charge in [0, 0.05) is 0 Å². The third-order valence-electron chi connectivity index (χ3n) is 6.17. The SMILES string of the molecule is Cl.Cl.[SiH2]=[Zr]([CH2]c1ccccc1)([CH2]c1ccccc1)([C]1=CC=CC1)[C]1=CC=CC1. The normalized spacial score (nSPS) is 15.5. The first-order chi connectivity index (χ1) is 12.7. The maximum atomic E-state index is 2.46. The van der Waals surface area contributed by atoms with E-state index in [0.29, 0.717) is 0 Å².